The Kier molecular flexibility index (Phi) is 5.92. The highest BCUT2D eigenvalue weighted by atomic mass is 32.2. The van der Waals surface area contributed by atoms with Gasteiger partial charge < -0.3 is 9.64 Å². The Bertz CT molecular complexity index is 827. The predicted octanol–water partition coefficient (Wildman–Crippen LogP) is 3.26. The molecule has 0 spiro atoms. The van der Waals surface area contributed by atoms with Crippen molar-refractivity contribution in [2.45, 2.75) is 24.1 Å². The van der Waals surface area contributed by atoms with Crippen LogP contribution in [0.15, 0.2) is 41.4 Å². The number of thioether (sulfide) groups is 1. The summed E-state index contributed by atoms with van der Waals surface area (Å²) in [6.45, 7) is 6.10. The van der Waals surface area contributed by atoms with Crippen molar-refractivity contribution in [2.24, 2.45) is 0 Å². The number of carbonyl (C=O) groups excluding carboxylic acids is 1. The number of pyridine rings is 1. The summed E-state index contributed by atoms with van der Waals surface area (Å²) < 4.78 is 5.37. The number of hydrogen-bond acceptors (Lipinski definition) is 5. The molecule has 1 aliphatic heterocycles. The molecule has 0 radical (unpaired) electrons. The zero-order chi connectivity index (χ0) is 18.5. The average molecular weight is 367 g/mol. The molecule has 1 aromatic carbocycles. The second kappa shape index (κ2) is 8.35. The minimum absolute atomic E-state index is 0.0364. The highest BCUT2D eigenvalue weighted by Gasteiger charge is 2.29. The van der Waals surface area contributed by atoms with Crippen molar-refractivity contribution in [1.29, 1.82) is 5.26 Å². The Labute approximate surface area is 158 Å². The van der Waals surface area contributed by atoms with Crippen LogP contribution < -0.4 is 0 Å². The Morgan fingerprint density at radius 1 is 1.27 bits per heavy atom. The fourth-order valence-electron chi connectivity index (χ4n) is 2.97. The van der Waals surface area contributed by atoms with Gasteiger partial charge in [0.25, 0.3) is 0 Å². The minimum Gasteiger partial charge on any atom is -0.378 e. The number of ether oxygens (including phenoxy) is 1. The zero-order valence-electron chi connectivity index (χ0n) is 14.9. The first kappa shape index (κ1) is 18.4. The molecule has 2 aromatic rings. The lowest BCUT2D eigenvalue weighted by Gasteiger charge is -2.30. The first-order valence-electron chi connectivity index (χ1n) is 8.56. The van der Waals surface area contributed by atoms with E-state index < -0.39 is 5.25 Å². The smallest absolute Gasteiger partial charge is 0.240 e. The van der Waals surface area contributed by atoms with Gasteiger partial charge in [-0.3, -0.25) is 4.79 Å². The lowest BCUT2D eigenvalue weighted by atomic mass is 10.1. The van der Waals surface area contributed by atoms with Crippen molar-refractivity contribution in [2.75, 3.05) is 26.3 Å². The second-order valence-electron chi connectivity index (χ2n) is 6.22. The number of benzene rings is 1. The van der Waals surface area contributed by atoms with E-state index in [0.717, 1.165) is 16.8 Å². The molecule has 1 unspecified atom stereocenters. The summed E-state index contributed by atoms with van der Waals surface area (Å²) >= 11 is 1.36. The first-order valence-corrected chi connectivity index (χ1v) is 9.44. The molecule has 2 heterocycles. The number of aryl methyl sites for hydroxylation is 2. The van der Waals surface area contributed by atoms with Crippen LogP contribution in [0.25, 0.3) is 0 Å². The Balaban J connectivity index is 1.97. The third kappa shape index (κ3) is 4.06. The number of amides is 1. The van der Waals surface area contributed by atoms with Gasteiger partial charge in [0.2, 0.25) is 5.91 Å². The lowest BCUT2D eigenvalue weighted by molar-refractivity contribution is -0.134. The number of nitriles is 1. The highest BCUT2D eigenvalue weighted by molar-refractivity contribution is 8.00. The van der Waals surface area contributed by atoms with Gasteiger partial charge in [0, 0.05) is 18.8 Å². The summed E-state index contributed by atoms with van der Waals surface area (Å²) in [5, 5.41) is 9.72. The minimum atomic E-state index is -0.435. The van der Waals surface area contributed by atoms with Crippen LogP contribution in [0.3, 0.4) is 0 Å². The second-order valence-corrected chi connectivity index (χ2v) is 7.31. The molecule has 0 aliphatic carbocycles. The number of carbonyl (C=O) groups is 1. The molecule has 1 aromatic heterocycles. The van der Waals surface area contributed by atoms with Crippen molar-refractivity contribution in [1.82, 2.24) is 9.88 Å². The van der Waals surface area contributed by atoms with Crippen LogP contribution in [0.5, 0.6) is 0 Å². The molecule has 134 valence electrons. The van der Waals surface area contributed by atoms with E-state index in [1.54, 1.807) is 0 Å². The molecule has 1 aliphatic rings. The summed E-state index contributed by atoms with van der Waals surface area (Å²) in [5.41, 5.74) is 3.18. The van der Waals surface area contributed by atoms with Gasteiger partial charge in [0.1, 0.15) is 16.3 Å². The molecule has 1 saturated heterocycles. The van der Waals surface area contributed by atoms with E-state index in [2.05, 4.69) is 11.1 Å². The summed E-state index contributed by atoms with van der Waals surface area (Å²) in [6.07, 6.45) is 0. The molecular weight excluding hydrogens is 346 g/mol. The largest absolute Gasteiger partial charge is 0.378 e. The summed E-state index contributed by atoms with van der Waals surface area (Å²) in [6, 6.07) is 13.8. The first-order chi connectivity index (χ1) is 12.6. The van der Waals surface area contributed by atoms with E-state index in [1.165, 1.54) is 11.8 Å². The predicted molar refractivity (Wildman–Crippen MR) is 101 cm³/mol. The van der Waals surface area contributed by atoms with E-state index >= 15 is 0 Å². The Morgan fingerprint density at radius 3 is 2.62 bits per heavy atom. The van der Waals surface area contributed by atoms with Crippen molar-refractivity contribution in [3.05, 3.63) is 58.8 Å². The van der Waals surface area contributed by atoms with E-state index in [9.17, 15) is 10.1 Å². The van der Waals surface area contributed by atoms with Gasteiger partial charge in [-0.25, -0.2) is 4.98 Å². The Morgan fingerprint density at radius 2 is 1.96 bits per heavy atom. The summed E-state index contributed by atoms with van der Waals surface area (Å²) in [7, 11) is 0. The van der Waals surface area contributed by atoms with Crippen LogP contribution in [0.1, 0.15) is 27.6 Å². The van der Waals surface area contributed by atoms with E-state index in [1.807, 2.05) is 55.1 Å². The normalized spacial score (nSPS) is 15.3. The van der Waals surface area contributed by atoms with Gasteiger partial charge in [-0.15, -0.1) is 0 Å². The van der Waals surface area contributed by atoms with Crippen LogP contribution >= 0.6 is 11.8 Å². The van der Waals surface area contributed by atoms with Crippen molar-refractivity contribution in [3.63, 3.8) is 0 Å². The standard InChI is InChI=1S/C20H21N3O2S/c1-14-12-15(2)22-19(17(14)13-21)26-18(16-6-4-3-5-7-16)20(24)23-8-10-25-11-9-23/h3-7,12,18H,8-11H2,1-2H3. The maximum Gasteiger partial charge on any atom is 0.240 e. The molecule has 3 rings (SSSR count). The monoisotopic (exact) mass is 367 g/mol. The van der Waals surface area contributed by atoms with Crippen LogP contribution in [-0.2, 0) is 9.53 Å². The van der Waals surface area contributed by atoms with E-state index in [4.69, 9.17) is 4.74 Å². The quantitative estimate of drug-likeness (QED) is 0.776. The molecule has 0 bridgehead atoms. The van der Waals surface area contributed by atoms with Gasteiger partial charge >= 0.3 is 0 Å². The number of aromatic nitrogens is 1. The van der Waals surface area contributed by atoms with Gasteiger partial charge in [0.15, 0.2) is 0 Å². The molecule has 6 heteroatoms. The molecule has 1 amide bonds. The third-order valence-electron chi connectivity index (χ3n) is 4.30. The molecule has 5 nitrogen and oxygen atoms in total. The fourth-order valence-corrected chi connectivity index (χ4v) is 4.26. The van der Waals surface area contributed by atoms with Gasteiger partial charge in [-0.2, -0.15) is 5.26 Å². The average Bonchev–Trinajstić information content (AvgIpc) is 2.66. The summed E-state index contributed by atoms with van der Waals surface area (Å²) in [4.78, 5) is 19.6. The van der Waals surface area contributed by atoms with Crippen LogP contribution in [-0.4, -0.2) is 42.1 Å². The van der Waals surface area contributed by atoms with Gasteiger partial charge in [0.05, 0.1) is 18.8 Å². The van der Waals surface area contributed by atoms with Crippen LogP contribution in [0.2, 0.25) is 0 Å². The topological polar surface area (TPSA) is 66.2 Å². The molecule has 1 fully saturated rings. The fraction of sp³-hybridized carbons (Fsp3) is 0.350. The molecule has 26 heavy (non-hydrogen) atoms. The van der Waals surface area contributed by atoms with Crippen LogP contribution in [0, 0.1) is 25.2 Å². The highest BCUT2D eigenvalue weighted by Crippen LogP contribution is 2.38. The van der Waals surface area contributed by atoms with Crippen LogP contribution in [0.4, 0.5) is 0 Å². The Hall–Kier alpha value is -2.36. The number of rotatable bonds is 4. The maximum absolute atomic E-state index is 13.2. The van der Waals surface area contributed by atoms with Crippen molar-refractivity contribution >= 4 is 17.7 Å². The van der Waals surface area contributed by atoms with Crippen molar-refractivity contribution in [3.8, 4) is 6.07 Å². The molecule has 0 N–H and O–H groups in total. The molecular formula is C20H21N3O2S. The summed E-state index contributed by atoms with van der Waals surface area (Å²) in [5.74, 6) is 0.0364. The number of morpholine rings is 1. The van der Waals surface area contributed by atoms with Gasteiger partial charge in [-0.1, -0.05) is 42.1 Å². The number of nitrogens with zero attached hydrogens (tertiary/aromatic N) is 3. The zero-order valence-corrected chi connectivity index (χ0v) is 15.8. The number of hydrogen-bond donors (Lipinski definition) is 0. The molecule has 1 atom stereocenters. The van der Waals surface area contributed by atoms with E-state index in [0.29, 0.717) is 36.9 Å². The third-order valence-corrected chi connectivity index (χ3v) is 5.53. The van der Waals surface area contributed by atoms with Crippen molar-refractivity contribution < 1.29 is 9.53 Å². The molecule has 0 saturated carbocycles. The van der Waals surface area contributed by atoms with Gasteiger partial charge in [-0.05, 0) is 31.0 Å². The SMILES string of the molecule is Cc1cc(C)c(C#N)c(SC(C(=O)N2CCOCC2)c2ccccc2)n1. The van der Waals surface area contributed by atoms with E-state index in [-0.39, 0.29) is 5.91 Å². The maximum atomic E-state index is 13.2. The lowest BCUT2D eigenvalue weighted by Crippen LogP contribution is -2.42.